The van der Waals surface area contributed by atoms with E-state index in [9.17, 15) is 4.79 Å². The van der Waals surface area contributed by atoms with Crippen LogP contribution in [0.4, 0.5) is 10.5 Å². The Bertz CT molecular complexity index is 604. The number of nitrogens with zero attached hydrogens (tertiary/aromatic N) is 1. The topological polar surface area (TPSA) is 63.2 Å². The van der Waals surface area contributed by atoms with Gasteiger partial charge in [0.2, 0.25) is 5.88 Å². The predicted molar refractivity (Wildman–Crippen MR) is 78.1 cm³/mol. The standard InChI is InChI=1S/C14H14ClN3O2/c1-20-13-10(4-3-7-16-13)9-17-14(19)18-12-6-2-5-11(15)8-12/h2-8H,9H2,1H3,(H2,17,18,19). The van der Waals surface area contributed by atoms with Crippen LogP contribution in [0.1, 0.15) is 5.56 Å². The molecule has 0 aliphatic heterocycles. The normalized spacial score (nSPS) is 9.90. The van der Waals surface area contributed by atoms with Crippen LogP contribution >= 0.6 is 11.6 Å². The number of carbonyl (C=O) groups excluding carboxylic acids is 1. The zero-order chi connectivity index (χ0) is 14.4. The first-order valence-corrected chi connectivity index (χ1v) is 6.35. The first-order chi connectivity index (χ1) is 9.69. The first kappa shape index (κ1) is 14.1. The third kappa shape index (κ3) is 3.86. The minimum Gasteiger partial charge on any atom is -0.481 e. The quantitative estimate of drug-likeness (QED) is 0.910. The molecule has 1 aromatic carbocycles. The van der Waals surface area contributed by atoms with Gasteiger partial charge in [0.1, 0.15) is 0 Å². The van der Waals surface area contributed by atoms with Crippen molar-refractivity contribution in [3.8, 4) is 5.88 Å². The molecule has 1 heterocycles. The van der Waals surface area contributed by atoms with Crippen molar-refractivity contribution in [2.45, 2.75) is 6.54 Å². The summed E-state index contributed by atoms with van der Waals surface area (Å²) in [6.07, 6.45) is 1.63. The molecule has 0 atom stereocenters. The Morgan fingerprint density at radius 3 is 2.95 bits per heavy atom. The van der Waals surface area contributed by atoms with E-state index < -0.39 is 0 Å². The molecule has 0 unspecified atom stereocenters. The molecule has 5 nitrogen and oxygen atoms in total. The van der Waals surface area contributed by atoms with Gasteiger partial charge in [-0.1, -0.05) is 23.7 Å². The van der Waals surface area contributed by atoms with Crippen LogP contribution in [0.2, 0.25) is 5.02 Å². The number of benzene rings is 1. The molecule has 0 aliphatic carbocycles. The average molecular weight is 292 g/mol. The molecule has 0 bridgehead atoms. The molecular weight excluding hydrogens is 278 g/mol. The van der Waals surface area contributed by atoms with Crippen LogP contribution in [-0.2, 0) is 6.54 Å². The number of aromatic nitrogens is 1. The molecule has 2 N–H and O–H groups in total. The van der Waals surface area contributed by atoms with Crippen molar-refractivity contribution >= 4 is 23.3 Å². The number of carbonyl (C=O) groups is 1. The summed E-state index contributed by atoms with van der Waals surface area (Å²) in [4.78, 5) is 15.8. The SMILES string of the molecule is COc1ncccc1CNC(=O)Nc1cccc(Cl)c1. The summed E-state index contributed by atoms with van der Waals surface area (Å²) in [5, 5.41) is 5.99. The highest BCUT2D eigenvalue weighted by Crippen LogP contribution is 2.15. The number of halogens is 1. The highest BCUT2D eigenvalue weighted by Gasteiger charge is 2.06. The van der Waals surface area contributed by atoms with E-state index in [-0.39, 0.29) is 6.03 Å². The van der Waals surface area contributed by atoms with Crippen LogP contribution in [-0.4, -0.2) is 18.1 Å². The zero-order valence-corrected chi connectivity index (χ0v) is 11.6. The number of rotatable bonds is 4. The fraction of sp³-hybridized carbons (Fsp3) is 0.143. The van der Waals surface area contributed by atoms with Crippen molar-refractivity contribution in [2.75, 3.05) is 12.4 Å². The van der Waals surface area contributed by atoms with Crippen molar-refractivity contribution in [2.24, 2.45) is 0 Å². The second-order valence-corrected chi connectivity index (χ2v) is 4.43. The van der Waals surface area contributed by atoms with Crippen LogP contribution in [0.15, 0.2) is 42.6 Å². The van der Waals surface area contributed by atoms with E-state index in [0.717, 1.165) is 5.56 Å². The highest BCUT2D eigenvalue weighted by molar-refractivity contribution is 6.30. The molecule has 2 aromatic rings. The fourth-order valence-corrected chi connectivity index (χ4v) is 1.85. The molecule has 2 amide bonds. The van der Waals surface area contributed by atoms with E-state index in [2.05, 4.69) is 15.6 Å². The summed E-state index contributed by atoms with van der Waals surface area (Å²) >= 11 is 5.84. The van der Waals surface area contributed by atoms with Crippen molar-refractivity contribution in [3.05, 3.63) is 53.2 Å². The summed E-state index contributed by atoms with van der Waals surface area (Å²) in [5.74, 6) is 0.496. The number of hydrogen-bond donors (Lipinski definition) is 2. The number of nitrogens with one attached hydrogen (secondary N) is 2. The largest absolute Gasteiger partial charge is 0.481 e. The summed E-state index contributed by atoms with van der Waals surface area (Å²) in [6.45, 7) is 0.323. The number of pyridine rings is 1. The van der Waals surface area contributed by atoms with Crippen LogP contribution in [0.3, 0.4) is 0 Å². The monoisotopic (exact) mass is 291 g/mol. The Morgan fingerprint density at radius 1 is 1.35 bits per heavy atom. The predicted octanol–water partition coefficient (Wildman–Crippen LogP) is 3.07. The summed E-state index contributed by atoms with van der Waals surface area (Å²) in [5.41, 5.74) is 1.43. The van der Waals surface area contributed by atoms with Gasteiger partial charge in [0, 0.05) is 29.0 Å². The molecule has 2 rings (SSSR count). The van der Waals surface area contributed by atoms with E-state index >= 15 is 0 Å². The number of urea groups is 1. The Morgan fingerprint density at radius 2 is 2.20 bits per heavy atom. The van der Waals surface area contributed by atoms with Gasteiger partial charge in [0.25, 0.3) is 0 Å². The molecule has 0 spiro atoms. The lowest BCUT2D eigenvalue weighted by Crippen LogP contribution is -2.28. The number of amides is 2. The van der Waals surface area contributed by atoms with E-state index in [4.69, 9.17) is 16.3 Å². The van der Waals surface area contributed by atoms with E-state index in [1.54, 1.807) is 36.5 Å². The van der Waals surface area contributed by atoms with Gasteiger partial charge in [-0.05, 0) is 24.3 Å². The molecular formula is C14H14ClN3O2. The van der Waals surface area contributed by atoms with Gasteiger partial charge in [-0.15, -0.1) is 0 Å². The summed E-state index contributed by atoms with van der Waals surface area (Å²) in [6, 6.07) is 10.2. The van der Waals surface area contributed by atoms with E-state index in [1.165, 1.54) is 7.11 Å². The highest BCUT2D eigenvalue weighted by atomic mass is 35.5. The molecule has 0 aliphatic rings. The van der Waals surface area contributed by atoms with Crippen molar-refractivity contribution in [1.29, 1.82) is 0 Å². The molecule has 6 heteroatoms. The second kappa shape index (κ2) is 6.77. The Balaban J connectivity index is 1.92. The van der Waals surface area contributed by atoms with Gasteiger partial charge in [-0.25, -0.2) is 9.78 Å². The van der Waals surface area contributed by atoms with Gasteiger partial charge in [-0.3, -0.25) is 0 Å². The smallest absolute Gasteiger partial charge is 0.319 e. The number of methoxy groups -OCH3 is 1. The maximum atomic E-state index is 11.8. The Kier molecular flexibility index (Phi) is 4.79. The van der Waals surface area contributed by atoms with Crippen molar-refractivity contribution in [3.63, 3.8) is 0 Å². The van der Waals surface area contributed by atoms with Gasteiger partial charge in [0.15, 0.2) is 0 Å². The van der Waals surface area contributed by atoms with Crippen LogP contribution in [0.5, 0.6) is 5.88 Å². The van der Waals surface area contributed by atoms with Gasteiger partial charge in [-0.2, -0.15) is 0 Å². The zero-order valence-electron chi connectivity index (χ0n) is 10.9. The molecule has 20 heavy (non-hydrogen) atoms. The molecule has 0 radical (unpaired) electrons. The lowest BCUT2D eigenvalue weighted by molar-refractivity contribution is 0.251. The first-order valence-electron chi connectivity index (χ1n) is 5.97. The second-order valence-electron chi connectivity index (χ2n) is 3.99. The Labute approximate surface area is 121 Å². The minimum absolute atomic E-state index is 0.321. The number of anilines is 1. The van der Waals surface area contributed by atoms with Crippen molar-refractivity contribution < 1.29 is 9.53 Å². The van der Waals surface area contributed by atoms with E-state index in [1.807, 2.05) is 6.07 Å². The number of hydrogen-bond acceptors (Lipinski definition) is 3. The number of ether oxygens (including phenoxy) is 1. The maximum absolute atomic E-state index is 11.8. The lowest BCUT2D eigenvalue weighted by atomic mass is 10.2. The lowest BCUT2D eigenvalue weighted by Gasteiger charge is -2.09. The fourth-order valence-electron chi connectivity index (χ4n) is 1.66. The molecule has 104 valence electrons. The minimum atomic E-state index is -0.321. The van der Waals surface area contributed by atoms with Crippen LogP contribution in [0.25, 0.3) is 0 Å². The molecule has 0 fully saturated rings. The molecule has 0 saturated carbocycles. The summed E-state index contributed by atoms with van der Waals surface area (Å²) in [7, 11) is 1.54. The van der Waals surface area contributed by atoms with Crippen LogP contribution < -0.4 is 15.4 Å². The third-order valence-electron chi connectivity index (χ3n) is 2.57. The Hall–Kier alpha value is -2.27. The van der Waals surface area contributed by atoms with E-state index in [0.29, 0.717) is 23.1 Å². The van der Waals surface area contributed by atoms with Crippen LogP contribution in [0, 0.1) is 0 Å². The van der Waals surface area contributed by atoms with Crippen molar-refractivity contribution in [1.82, 2.24) is 10.3 Å². The van der Waals surface area contributed by atoms with Gasteiger partial charge in [0.05, 0.1) is 7.11 Å². The third-order valence-corrected chi connectivity index (χ3v) is 2.80. The van der Waals surface area contributed by atoms with Gasteiger partial charge < -0.3 is 15.4 Å². The molecule has 1 aromatic heterocycles. The van der Waals surface area contributed by atoms with Gasteiger partial charge >= 0.3 is 6.03 Å². The maximum Gasteiger partial charge on any atom is 0.319 e. The summed E-state index contributed by atoms with van der Waals surface area (Å²) < 4.78 is 5.11. The average Bonchev–Trinajstić information content (AvgIpc) is 2.45. The molecule has 0 saturated heterocycles.